The van der Waals surface area contributed by atoms with Crippen LogP contribution in [0.3, 0.4) is 0 Å². The van der Waals surface area contributed by atoms with Gasteiger partial charge >= 0.3 is 0 Å². The number of hydrogen-bond acceptors (Lipinski definition) is 2. The van der Waals surface area contributed by atoms with Crippen molar-refractivity contribution in [2.75, 3.05) is 13.1 Å². The summed E-state index contributed by atoms with van der Waals surface area (Å²) in [5, 5.41) is 4.29. The van der Waals surface area contributed by atoms with Crippen LogP contribution in [0.5, 0.6) is 0 Å². The summed E-state index contributed by atoms with van der Waals surface area (Å²) in [6, 6.07) is -0.287. The Kier molecular flexibility index (Phi) is 4.31. The highest BCUT2D eigenvalue weighted by molar-refractivity contribution is 9.14. The summed E-state index contributed by atoms with van der Waals surface area (Å²) in [4.78, 5) is 14.1. The molecule has 0 radical (unpaired) electrons. The Labute approximate surface area is 125 Å². The summed E-state index contributed by atoms with van der Waals surface area (Å²) < 4.78 is 4.00. The number of carbonyl (C=O) groups is 1. The molecule has 4 nitrogen and oxygen atoms in total. The average molecular weight is 430 g/mol. The standard InChI is InChI=1S/C10H12Br3N3O/c1-6(10(17)15-4-2-3-5-15)16-9(13)7(11)8(12)14-16/h6H,2-5H2,1H3. The second kappa shape index (κ2) is 5.40. The highest BCUT2D eigenvalue weighted by atomic mass is 79.9. The molecule has 7 heteroatoms. The van der Waals surface area contributed by atoms with Gasteiger partial charge in [-0.25, -0.2) is 4.68 Å². The molecule has 1 atom stereocenters. The summed E-state index contributed by atoms with van der Waals surface area (Å²) in [6.45, 7) is 3.60. The molecule has 1 aromatic rings. The third kappa shape index (κ3) is 2.61. The van der Waals surface area contributed by atoms with Crippen LogP contribution < -0.4 is 0 Å². The second-order valence-corrected chi connectivity index (χ2v) is 6.34. The number of halogens is 3. The van der Waals surface area contributed by atoms with Gasteiger partial charge in [0, 0.05) is 13.1 Å². The highest BCUT2D eigenvalue weighted by Crippen LogP contribution is 2.32. The van der Waals surface area contributed by atoms with Gasteiger partial charge < -0.3 is 4.90 Å². The molecule has 1 saturated heterocycles. The van der Waals surface area contributed by atoms with E-state index in [1.807, 2.05) is 11.8 Å². The average Bonchev–Trinajstić information content (AvgIpc) is 2.92. The van der Waals surface area contributed by atoms with Crippen molar-refractivity contribution in [2.45, 2.75) is 25.8 Å². The number of carbonyl (C=O) groups excluding carboxylic acids is 1. The molecule has 94 valence electrons. The lowest BCUT2D eigenvalue weighted by Gasteiger charge is -2.21. The first-order valence-electron chi connectivity index (χ1n) is 5.40. The van der Waals surface area contributed by atoms with Crippen LogP contribution >= 0.6 is 47.8 Å². The Balaban J connectivity index is 2.21. The van der Waals surface area contributed by atoms with Crippen molar-refractivity contribution < 1.29 is 4.79 Å². The fourth-order valence-electron chi connectivity index (χ4n) is 1.93. The van der Waals surface area contributed by atoms with Gasteiger partial charge in [-0.2, -0.15) is 5.10 Å². The van der Waals surface area contributed by atoms with Crippen LogP contribution in [-0.2, 0) is 4.79 Å². The SMILES string of the molecule is CC(C(=O)N1CCCC1)n1nc(Br)c(Br)c1Br. The molecule has 1 aromatic heterocycles. The number of aromatic nitrogens is 2. The van der Waals surface area contributed by atoms with Crippen molar-refractivity contribution in [2.24, 2.45) is 0 Å². The van der Waals surface area contributed by atoms with E-state index in [9.17, 15) is 4.79 Å². The normalized spacial score (nSPS) is 17.5. The summed E-state index contributed by atoms with van der Waals surface area (Å²) >= 11 is 10.2. The molecule has 1 unspecified atom stereocenters. The lowest BCUT2D eigenvalue weighted by atomic mass is 10.3. The van der Waals surface area contributed by atoms with Crippen LogP contribution in [0, 0.1) is 0 Å². The predicted molar refractivity (Wildman–Crippen MR) is 75.9 cm³/mol. The molecular weight excluding hydrogens is 418 g/mol. The first-order chi connectivity index (χ1) is 8.02. The molecule has 17 heavy (non-hydrogen) atoms. The quantitative estimate of drug-likeness (QED) is 0.723. The maximum Gasteiger partial charge on any atom is 0.247 e. The Bertz CT molecular complexity index is 440. The molecule has 0 bridgehead atoms. The van der Waals surface area contributed by atoms with Crippen molar-refractivity contribution in [3.05, 3.63) is 13.7 Å². The maximum absolute atomic E-state index is 12.2. The Morgan fingerprint density at radius 3 is 2.35 bits per heavy atom. The van der Waals surface area contributed by atoms with Crippen LogP contribution in [0.4, 0.5) is 0 Å². The molecule has 0 saturated carbocycles. The third-order valence-electron chi connectivity index (χ3n) is 2.90. The topological polar surface area (TPSA) is 38.1 Å². The van der Waals surface area contributed by atoms with E-state index in [1.54, 1.807) is 4.68 Å². The fourth-order valence-corrected chi connectivity index (χ4v) is 3.39. The van der Waals surface area contributed by atoms with Gasteiger partial charge in [0.2, 0.25) is 5.91 Å². The first-order valence-corrected chi connectivity index (χ1v) is 7.78. The molecule has 1 amide bonds. The molecule has 2 rings (SSSR count). The number of nitrogens with zero attached hydrogens (tertiary/aromatic N) is 3. The maximum atomic E-state index is 12.2. The van der Waals surface area contributed by atoms with Gasteiger partial charge in [0.05, 0.1) is 4.47 Å². The monoisotopic (exact) mass is 427 g/mol. The van der Waals surface area contributed by atoms with Crippen LogP contribution in [0.15, 0.2) is 13.7 Å². The van der Waals surface area contributed by atoms with Crippen molar-refractivity contribution >= 4 is 53.7 Å². The summed E-state index contributed by atoms with van der Waals surface area (Å²) in [7, 11) is 0. The molecular formula is C10H12Br3N3O. The van der Waals surface area contributed by atoms with E-state index >= 15 is 0 Å². The minimum atomic E-state index is -0.287. The van der Waals surface area contributed by atoms with E-state index < -0.39 is 0 Å². The molecule has 0 spiro atoms. The number of rotatable bonds is 2. The summed E-state index contributed by atoms with van der Waals surface area (Å²) in [5.74, 6) is 0.130. The second-order valence-electron chi connectivity index (χ2n) is 4.05. The minimum absolute atomic E-state index is 0.130. The van der Waals surface area contributed by atoms with E-state index in [0.29, 0.717) is 4.60 Å². The summed E-state index contributed by atoms with van der Waals surface area (Å²) in [6.07, 6.45) is 2.21. The number of likely N-dealkylation sites (tertiary alicyclic amines) is 1. The summed E-state index contributed by atoms with van der Waals surface area (Å²) in [5.41, 5.74) is 0. The van der Waals surface area contributed by atoms with E-state index in [2.05, 4.69) is 52.9 Å². The van der Waals surface area contributed by atoms with Gasteiger partial charge in [-0.3, -0.25) is 4.79 Å². The van der Waals surface area contributed by atoms with Gasteiger partial charge in [0.25, 0.3) is 0 Å². The number of amides is 1. The molecule has 1 aliphatic heterocycles. The van der Waals surface area contributed by atoms with Crippen LogP contribution in [-0.4, -0.2) is 33.7 Å². The van der Waals surface area contributed by atoms with E-state index in [4.69, 9.17) is 0 Å². The van der Waals surface area contributed by atoms with E-state index in [-0.39, 0.29) is 11.9 Å². The Hall–Kier alpha value is 0.120. The molecule has 0 aliphatic carbocycles. The van der Waals surface area contributed by atoms with E-state index in [1.165, 1.54) is 0 Å². The molecule has 1 aliphatic rings. The zero-order valence-electron chi connectivity index (χ0n) is 9.29. The van der Waals surface area contributed by atoms with Gasteiger partial charge in [0.1, 0.15) is 15.2 Å². The molecule has 0 aromatic carbocycles. The van der Waals surface area contributed by atoms with Crippen molar-refractivity contribution in [3.8, 4) is 0 Å². The van der Waals surface area contributed by atoms with Crippen molar-refractivity contribution in [1.29, 1.82) is 0 Å². The zero-order chi connectivity index (χ0) is 12.6. The smallest absolute Gasteiger partial charge is 0.247 e. The van der Waals surface area contributed by atoms with Crippen molar-refractivity contribution in [1.82, 2.24) is 14.7 Å². The minimum Gasteiger partial charge on any atom is -0.341 e. The Morgan fingerprint density at radius 1 is 1.29 bits per heavy atom. The first kappa shape index (κ1) is 13.5. The van der Waals surface area contributed by atoms with Gasteiger partial charge in [0.15, 0.2) is 0 Å². The van der Waals surface area contributed by atoms with Crippen LogP contribution in [0.1, 0.15) is 25.8 Å². The zero-order valence-corrected chi connectivity index (χ0v) is 14.0. The molecule has 2 heterocycles. The lowest BCUT2D eigenvalue weighted by Crippen LogP contribution is -2.34. The fraction of sp³-hybridized carbons (Fsp3) is 0.600. The largest absolute Gasteiger partial charge is 0.341 e. The van der Waals surface area contributed by atoms with Crippen LogP contribution in [0.25, 0.3) is 0 Å². The molecule has 1 fully saturated rings. The lowest BCUT2D eigenvalue weighted by molar-refractivity contribution is -0.133. The molecule has 0 N–H and O–H groups in total. The predicted octanol–water partition coefficient (Wildman–Crippen LogP) is 3.35. The highest BCUT2D eigenvalue weighted by Gasteiger charge is 2.27. The third-order valence-corrected chi connectivity index (χ3v) is 6.03. The number of hydrogen-bond donors (Lipinski definition) is 0. The van der Waals surface area contributed by atoms with Crippen molar-refractivity contribution in [3.63, 3.8) is 0 Å². The van der Waals surface area contributed by atoms with Gasteiger partial charge in [-0.05, 0) is 67.6 Å². The van der Waals surface area contributed by atoms with Crippen LogP contribution in [0.2, 0.25) is 0 Å². The van der Waals surface area contributed by atoms with Gasteiger partial charge in [-0.15, -0.1) is 0 Å². The van der Waals surface area contributed by atoms with Gasteiger partial charge in [-0.1, -0.05) is 0 Å². The van der Waals surface area contributed by atoms with E-state index in [0.717, 1.165) is 35.0 Å². The Morgan fingerprint density at radius 2 is 1.88 bits per heavy atom.